The molecular weight excluding hydrogens is 358 g/mol. The van der Waals surface area contributed by atoms with Crippen LogP contribution in [0, 0.1) is 6.92 Å². The zero-order valence-electron chi connectivity index (χ0n) is 15.2. The number of ether oxygens (including phenoxy) is 1. The van der Waals surface area contributed by atoms with Gasteiger partial charge < -0.3 is 15.4 Å². The van der Waals surface area contributed by atoms with E-state index in [0.29, 0.717) is 18.8 Å². The molecule has 2 amide bonds. The Morgan fingerprint density at radius 3 is 2.50 bits per heavy atom. The van der Waals surface area contributed by atoms with Crippen LogP contribution in [0.2, 0.25) is 0 Å². The van der Waals surface area contributed by atoms with E-state index >= 15 is 0 Å². The quantitative estimate of drug-likeness (QED) is 0.734. The number of carbonyl (C=O) groups is 2. The summed E-state index contributed by atoms with van der Waals surface area (Å²) in [5, 5.41) is 5.20. The molecule has 0 bridgehead atoms. The standard InChI is InChI=1S/C17H25N3O5S/c1-12(2)19-16(21)11-18-17(22)15-10-14(5-4-13(15)3)26(23,24)20-6-8-25-9-7-20/h4-5,10,12H,6-9,11H2,1-3H3,(H,18,22)(H,19,21). The summed E-state index contributed by atoms with van der Waals surface area (Å²) in [7, 11) is -3.69. The van der Waals surface area contributed by atoms with Gasteiger partial charge in [0.2, 0.25) is 15.9 Å². The van der Waals surface area contributed by atoms with Crippen molar-refractivity contribution in [2.45, 2.75) is 31.7 Å². The maximum Gasteiger partial charge on any atom is 0.252 e. The Balaban J connectivity index is 2.16. The van der Waals surface area contributed by atoms with E-state index in [1.807, 2.05) is 13.8 Å². The smallest absolute Gasteiger partial charge is 0.252 e. The maximum absolute atomic E-state index is 12.7. The molecule has 1 aromatic rings. The van der Waals surface area contributed by atoms with E-state index < -0.39 is 15.9 Å². The van der Waals surface area contributed by atoms with Crippen molar-refractivity contribution in [3.05, 3.63) is 29.3 Å². The molecule has 1 fully saturated rings. The first kappa shape index (κ1) is 20.3. The molecule has 0 aliphatic carbocycles. The molecule has 1 heterocycles. The highest BCUT2D eigenvalue weighted by Crippen LogP contribution is 2.20. The highest BCUT2D eigenvalue weighted by Gasteiger charge is 2.27. The van der Waals surface area contributed by atoms with Crippen LogP contribution in [0.15, 0.2) is 23.1 Å². The first-order valence-corrected chi connectivity index (χ1v) is 9.92. The number of morpholine rings is 1. The number of hydrogen-bond donors (Lipinski definition) is 2. The second kappa shape index (κ2) is 8.61. The van der Waals surface area contributed by atoms with Crippen LogP contribution in [0.4, 0.5) is 0 Å². The van der Waals surface area contributed by atoms with Crippen LogP contribution in [0.1, 0.15) is 29.8 Å². The lowest BCUT2D eigenvalue weighted by Crippen LogP contribution is -2.41. The van der Waals surface area contributed by atoms with Gasteiger partial charge in [0.05, 0.1) is 24.7 Å². The molecule has 9 heteroatoms. The molecule has 1 saturated heterocycles. The number of nitrogens with one attached hydrogen (secondary N) is 2. The largest absolute Gasteiger partial charge is 0.379 e. The Hall–Kier alpha value is -1.97. The van der Waals surface area contributed by atoms with E-state index in [2.05, 4.69) is 10.6 Å². The van der Waals surface area contributed by atoms with Gasteiger partial charge in [-0.3, -0.25) is 9.59 Å². The second-order valence-corrected chi connectivity index (χ2v) is 8.34. The van der Waals surface area contributed by atoms with E-state index in [1.165, 1.54) is 16.4 Å². The molecule has 0 unspecified atom stereocenters. The van der Waals surface area contributed by atoms with E-state index in [0.717, 1.165) is 0 Å². The molecule has 2 N–H and O–H groups in total. The molecule has 8 nitrogen and oxygen atoms in total. The summed E-state index contributed by atoms with van der Waals surface area (Å²) in [5.74, 6) is -0.788. The molecule has 0 atom stereocenters. The minimum absolute atomic E-state index is 0.0249. The number of amides is 2. The number of aryl methyl sites for hydroxylation is 1. The molecule has 1 aliphatic heterocycles. The topological polar surface area (TPSA) is 105 Å². The van der Waals surface area contributed by atoms with Crippen molar-refractivity contribution < 1.29 is 22.7 Å². The Labute approximate surface area is 153 Å². The van der Waals surface area contributed by atoms with Crippen molar-refractivity contribution >= 4 is 21.8 Å². The van der Waals surface area contributed by atoms with Crippen molar-refractivity contribution in [2.75, 3.05) is 32.8 Å². The highest BCUT2D eigenvalue weighted by molar-refractivity contribution is 7.89. The molecule has 1 aromatic carbocycles. The van der Waals surface area contributed by atoms with Crippen molar-refractivity contribution in [2.24, 2.45) is 0 Å². The van der Waals surface area contributed by atoms with Gasteiger partial charge in [0.1, 0.15) is 0 Å². The van der Waals surface area contributed by atoms with Crippen molar-refractivity contribution in [1.29, 1.82) is 0 Å². The van der Waals surface area contributed by atoms with Gasteiger partial charge in [0.15, 0.2) is 0 Å². The van der Waals surface area contributed by atoms with E-state index in [-0.39, 0.29) is 42.0 Å². The van der Waals surface area contributed by atoms with Gasteiger partial charge in [-0.2, -0.15) is 4.31 Å². The van der Waals surface area contributed by atoms with Crippen molar-refractivity contribution in [3.8, 4) is 0 Å². The molecule has 0 saturated carbocycles. The number of rotatable bonds is 6. The van der Waals surface area contributed by atoms with E-state index in [1.54, 1.807) is 13.0 Å². The Kier molecular flexibility index (Phi) is 6.74. The summed E-state index contributed by atoms with van der Waals surface area (Å²) >= 11 is 0. The van der Waals surface area contributed by atoms with E-state index in [9.17, 15) is 18.0 Å². The highest BCUT2D eigenvalue weighted by atomic mass is 32.2. The fraction of sp³-hybridized carbons (Fsp3) is 0.529. The van der Waals surface area contributed by atoms with Gasteiger partial charge in [-0.1, -0.05) is 6.07 Å². The first-order chi connectivity index (χ1) is 12.2. The van der Waals surface area contributed by atoms with Gasteiger partial charge in [-0.05, 0) is 38.5 Å². The molecule has 144 valence electrons. The Morgan fingerprint density at radius 2 is 1.88 bits per heavy atom. The summed E-state index contributed by atoms with van der Waals surface area (Å²) in [6, 6.07) is 4.41. The van der Waals surface area contributed by atoms with Crippen LogP contribution in [-0.2, 0) is 19.6 Å². The third-order valence-electron chi connectivity index (χ3n) is 3.92. The Morgan fingerprint density at radius 1 is 1.23 bits per heavy atom. The molecule has 26 heavy (non-hydrogen) atoms. The van der Waals surface area contributed by atoms with Crippen LogP contribution >= 0.6 is 0 Å². The molecule has 0 radical (unpaired) electrons. The van der Waals surface area contributed by atoms with E-state index in [4.69, 9.17) is 4.74 Å². The normalized spacial score (nSPS) is 15.7. The van der Waals surface area contributed by atoms with Crippen LogP contribution in [-0.4, -0.2) is 63.4 Å². The van der Waals surface area contributed by atoms with Crippen molar-refractivity contribution in [3.63, 3.8) is 0 Å². The number of sulfonamides is 1. The van der Waals surface area contributed by atoms with Gasteiger partial charge in [-0.15, -0.1) is 0 Å². The third-order valence-corrected chi connectivity index (χ3v) is 5.82. The number of carbonyl (C=O) groups excluding carboxylic acids is 2. The third kappa shape index (κ3) is 5.03. The fourth-order valence-electron chi connectivity index (χ4n) is 2.57. The summed E-state index contributed by atoms with van der Waals surface area (Å²) in [6.45, 7) is 6.46. The van der Waals surface area contributed by atoms with Gasteiger partial charge in [0, 0.05) is 24.7 Å². The average molecular weight is 383 g/mol. The second-order valence-electron chi connectivity index (χ2n) is 6.40. The summed E-state index contributed by atoms with van der Waals surface area (Å²) < 4.78 is 32.0. The molecular formula is C17H25N3O5S. The maximum atomic E-state index is 12.7. The molecule has 2 rings (SSSR count). The van der Waals surface area contributed by atoms with Crippen LogP contribution < -0.4 is 10.6 Å². The molecule has 0 spiro atoms. The SMILES string of the molecule is Cc1ccc(S(=O)(=O)N2CCOCC2)cc1C(=O)NCC(=O)NC(C)C. The lowest BCUT2D eigenvalue weighted by Gasteiger charge is -2.26. The van der Waals surface area contributed by atoms with Crippen LogP contribution in [0.25, 0.3) is 0 Å². The summed E-state index contributed by atoms with van der Waals surface area (Å²) in [5.41, 5.74) is 0.865. The monoisotopic (exact) mass is 383 g/mol. The lowest BCUT2D eigenvalue weighted by molar-refractivity contribution is -0.120. The minimum atomic E-state index is -3.69. The number of nitrogens with zero attached hydrogens (tertiary/aromatic N) is 1. The lowest BCUT2D eigenvalue weighted by atomic mass is 10.1. The van der Waals surface area contributed by atoms with Crippen molar-refractivity contribution in [1.82, 2.24) is 14.9 Å². The minimum Gasteiger partial charge on any atom is -0.379 e. The first-order valence-electron chi connectivity index (χ1n) is 8.48. The number of hydrogen-bond acceptors (Lipinski definition) is 5. The zero-order chi connectivity index (χ0) is 19.3. The fourth-order valence-corrected chi connectivity index (χ4v) is 4.01. The van der Waals surface area contributed by atoms with Crippen LogP contribution in [0.3, 0.4) is 0 Å². The van der Waals surface area contributed by atoms with Crippen LogP contribution in [0.5, 0.6) is 0 Å². The van der Waals surface area contributed by atoms with Gasteiger partial charge in [0.25, 0.3) is 5.91 Å². The van der Waals surface area contributed by atoms with Gasteiger partial charge in [-0.25, -0.2) is 8.42 Å². The summed E-state index contributed by atoms with van der Waals surface area (Å²) in [6.07, 6.45) is 0. The molecule has 1 aliphatic rings. The predicted octanol–water partition coefficient (Wildman–Crippen LogP) is 0.270. The number of benzene rings is 1. The predicted molar refractivity (Wildman–Crippen MR) is 96.4 cm³/mol. The Bertz CT molecular complexity index is 771. The zero-order valence-corrected chi connectivity index (χ0v) is 16.1. The average Bonchev–Trinajstić information content (AvgIpc) is 2.60. The van der Waals surface area contributed by atoms with Gasteiger partial charge >= 0.3 is 0 Å². The summed E-state index contributed by atoms with van der Waals surface area (Å²) in [4.78, 5) is 24.1. The molecule has 0 aromatic heterocycles.